The van der Waals surface area contributed by atoms with Crippen LogP contribution in [0, 0.1) is 6.92 Å². The van der Waals surface area contributed by atoms with Gasteiger partial charge in [0.2, 0.25) is 0 Å². The van der Waals surface area contributed by atoms with Crippen molar-refractivity contribution in [3.05, 3.63) is 59.2 Å². The number of hydrogen-bond donors (Lipinski definition) is 1. The van der Waals surface area contributed by atoms with Crippen LogP contribution in [0.4, 0.5) is 0 Å². The van der Waals surface area contributed by atoms with Gasteiger partial charge in [0.15, 0.2) is 0 Å². The van der Waals surface area contributed by atoms with E-state index >= 15 is 0 Å². The van der Waals surface area contributed by atoms with Crippen LogP contribution in [0.3, 0.4) is 0 Å². The Morgan fingerprint density at radius 2 is 1.94 bits per heavy atom. The zero-order chi connectivity index (χ0) is 12.5. The van der Waals surface area contributed by atoms with Gasteiger partial charge >= 0.3 is 0 Å². The third-order valence-electron chi connectivity index (χ3n) is 3.95. The number of fused-ring (bicyclic) bond motifs is 1. The summed E-state index contributed by atoms with van der Waals surface area (Å²) in [4.78, 5) is 0. The second-order valence-electron chi connectivity index (χ2n) is 5.12. The second-order valence-corrected chi connectivity index (χ2v) is 5.12. The highest BCUT2D eigenvalue weighted by molar-refractivity contribution is 5.70. The Balaban J connectivity index is 2.12. The molecule has 0 aliphatic heterocycles. The standard InChI is InChI=1S/C17H19N/c1-12-5-3-6-13(11-12)14-7-4-8-16-15(14)9-10-17(16)18-2/h3-8,11,17-18H,9-10H2,1-2H3. The quantitative estimate of drug-likeness (QED) is 0.836. The van der Waals surface area contributed by atoms with Crippen molar-refractivity contribution in [1.82, 2.24) is 5.32 Å². The number of benzene rings is 2. The zero-order valence-corrected chi connectivity index (χ0v) is 11.0. The molecule has 0 heterocycles. The SMILES string of the molecule is CNC1CCc2c(-c3cccc(C)c3)cccc21. The molecular weight excluding hydrogens is 218 g/mol. The fourth-order valence-electron chi connectivity index (χ4n) is 3.04. The Morgan fingerprint density at radius 3 is 2.72 bits per heavy atom. The van der Waals surface area contributed by atoms with E-state index in [9.17, 15) is 0 Å². The minimum atomic E-state index is 0.532. The van der Waals surface area contributed by atoms with Crippen LogP contribution >= 0.6 is 0 Å². The van der Waals surface area contributed by atoms with Gasteiger partial charge in [-0.1, -0.05) is 48.0 Å². The first kappa shape index (κ1) is 11.5. The maximum Gasteiger partial charge on any atom is 0.0323 e. The van der Waals surface area contributed by atoms with Crippen LogP contribution in [0.25, 0.3) is 11.1 Å². The molecular formula is C17H19N. The van der Waals surface area contributed by atoms with Crippen molar-refractivity contribution in [2.75, 3.05) is 7.05 Å². The molecule has 0 bridgehead atoms. The van der Waals surface area contributed by atoms with Gasteiger partial charge in [0.1, 0.15) is 0 Å². The van der Waals surface area contributed by atoms with E-state index in [1.807, 2.05) is 0 Å². The summed E-state index contributed by atoms with van der Waals surface area (Å²) in [6.07, 6.45) is 2.40. The van der Waals surface area contributed by atoms with Crippen molar-refractivity contribution in [3.63, 3.8) is 0 Å². The smallest absolute Gasteiger partial charge is 0.0323 e. The zero-order valence-electron chi connectivity index (χ0n) is 11.0. The lowest BCUT2D eigenvalue weighted by Crippen LogP contribution is -2.12. The van der Waals surface area contributed by atoms with Crippen LogP contribution < -0.4 is 5.32 Å². The molecule has 0 fully saturated rings. The number of aryl methyl sites for hydroxylation is 1. The maximum absolute atomic E-state index is 3.41. The van der Waals surface area contributed by atoms with Crippen molar-refractivity contribution in [3.8, 4) is 11.1 Å². The molecule has 2 aromatic carbocycles. The summed E-state index contributed by atoms with van der Waals surface area (Å²) in [7, 11) is 2.05. The van der Waals surface area contributed by atoms with Crippen LogP contribution in [-0.4, -0.2) is 7.05 Å². The molecule has 0 radical (unpaired) electrons. The van der Waals surface area contributed by atoms with Gasteiger partial charge in [0, 0.05) is 6.04 Å². The third kappa shape index (κ3) is 1.85. The maximum atomic E-state index is 3.41. The molecule has 92 valence electrons. The molecule has 2 aromatic rings. The van der Waals surface area contributed by atoms with Crippen molar-refractivity contribution in [2.45, 2.75) is 25.8 Å². The summed E-state index contributed by atoms with van der Waals surface area (Å²) in [6, 6.07) is 16.0. The average Bonchev–Trinajstić information content (AvgIpc) is 2.81. The van der Waals surface area contributed by atoms with Gasteiger partial charge in [0.25, 0.3) is 0 Å². The molecule has 3 rings (SSSR count). The van der Waals surface area contributed by atoms with E-state index in [1.165, 1.54) is 40.7 Å². The molecule has 0 amide bonds. The molecule has 18 heavy (non-hydrogen) atoms. The molecule has 0 saturated carbocycles. The van der Waals surface area contributed by atoms with Gasteiger partial charge in [-0.2, -0.15) is 0 Å². The monoisotopic (exact) mass is 237 g/mol. The molecule has 1 nitrogen and oxygen atoms in total. The van der Waals surface area contributed by atoms with E-state index in [4.69, 9.17) is 0 Å². The molecule has 1 aliphatic carbocycles. The summed E-state index contributed by atoms with van der Waals surface area (Å²) in [5.74, 6) is 0. The normalized spacial score (nSPS) is 17.8. The van der Waals surface area contributed by atoms with Crippen LogP contribution in [0.2, 0.25) is 0 Å². The van der Waals surface area contributed by atoms with Gasteiger partial charge in [-0.05, 0) is 49.1 Å². The minimum absolute atomic E-state index is 0.532. The first-order valence-electron chi connectivity index (χ1n) is 6.65. The predicted molar refractivity (Wildman–Crippen MR) is 76.7 cm³/mol. The van der Waals surface area contributed by atoms with Gasteiger partial charge in [-0.3, -0.25) is 0 Å². The third-order valence-corrected chi connectivity index (χ3v) is 3.95. The highest BCUT2D eigenvalue weighted by atomic mass is 14.9. The molecule has 1 N–H and O–H groups in total. The van der Waals surface area contributed by atoms with E-state index in [1.54, 1.807) is 0 Å². The fraction of sp³-hybridized carbons (Fsp3) is 0.294. The minimum Gasteiger partial charge on any atom is -0.313 e. The lowest BCUT2D eigenvalue weighted by atomic mass is 9.95. The Bertz CT molecular complexity index is 572. The molecule has 1 unspecified atom stereocenters. The van der Waals surface area contributed by atoms with E-state index in [2.05, 4.69) is 61.8 Å². The Kier molecular flexibility index (Phi) is 2.92. The summed E-state index contributed by atoms with van der Waals surface area (Å²) in [5.41, 5.74) is 7.10. The molecule has 1 atom stereocenters. The predicted octanol–water partition coefficient (Wildman–Crippen LogP) is 3.87. The van der Waals surface area contributed by atoms with E-state index in [-0.39, 0.29) is 0 Å². The van der Waals surface area contributed by atoms with E-state index in [0.29, 0.717) is 6.04 Å². The summed E-state index contributed by atoms with van der Waals surface area (Å²) >= 11 is 0. The largest absolute Gasteiger partial charge is 0.313 e. The van der Waals surface area contributed by atoms with Gasteiger partial charge < -0.3 is 5.32 Å². The van der Waals surface area contributed by atoms with Gasteiger partial charge in [0.05, 0.1) is 0 Å². The van der Waals surface area contributed by atoms with Crippen molar-refractivity contribution >= 4 is 0 Å². The van der Waals surface area contributed by atoms with Gasteiger partial charge in [-0.25, -0.2) is 0 Å². The molecule has 1 heteroatoms. The van der Waals surface area contributed by atoms with E-state index in [0.717, 1.165) is 0 Å². The number of rotatable bonds is 2. The second kappa shape index (κ2) is 4.58. The summed E-state index contributed by atoms with van der Waals surface area (Å²) < 4.78 is 0. The van der Waals surface area contributed by atoms with Crippen LogP contribution in [-0.2, 0) is 6.42 Å². The van der Waals surface area contributed by atoms with Crippen molar-refractivity contribution < 1.29 is 0 Å². The Hall–Kier alpha value is -1.60. The first-order valence-corrected chi connectivity index (χ1v) is 6.65. The average molecular weight is 237 g/mol. The van der Waals surface area contributed by atoms with E-state index < -0.39 is 0 Å². The van der Waals surface area contributed by atoms with Crippen LogP contribution in [0.5, 0.6) is 0 Å². The summed E-state index contributed by atoms with van der Waals surface area (Å²) in [5, 5.41) is 3.41. The Labute approximate surface area is 109 Å². The fourth-order valence-corrected chi connectivity index (χ4v) is 3.04. The lowest BCUT2D eigenvalue weighted by molar-refractivity contribution is 0.590. The van der Waals surface area contributed by atoms with Crippen LogP contribution in [0.1, 0.15) is 29.2 Å². The van der Waals surface area contributed by atoms with Gasteiger partial charge in [-0.15, -0.1) is 0 Å². The van der Waals surface area contributed by atoms with Crippen molar-refractivity contribution in [2.24, 2.45) is 0 Å². The Morgan fingerprint density at radius 1 is 1.11 bits per heavy atom. The number of hydrogen-bond acceptors (Lipinski definition) is 1. The molecule has 0 saturated heterocycles. The first-order chi connectivity index (χ1) is 8.79. The molecule has 0 aromatic heterocycles. The number of nitrogens with one attached hydrogen (secondary N) is 1. The highest BCUT2D eigenvalue weighted by Crippen LogP contribution is 2.37. The van der Waals surface area contributed by atoms with Crippen LogP contribution in [0.15, 0.2) is 42.5 Å². The lowest BCUT2D eigenvalue weighted by Gasteiger charge is -2.12. The highest BCUT2D eigenvalue weighted by Gasteiger charge is 2.23. The van der Waals surface area contributed by atoms with Crippen molar-refractivity contribution in [1.29, 1.82) is 0 Å². The molecule has 1 aliphatic rings. The topological polar surface area (TPSA) is 12.0 Å². The summed E-state index contributed by atoms with van der Waals surface area (Å²) in [6.45, 7) is 2.16. The molecule has 0 spiro atoms.